The predicted molar refractivity (Wildman–Crippen MR) is 19.6 cm³/mol. The molecule has 0 spiro atoms. The number of hydrogen-bond acceptors (Lipinski definition) is 0. The third-order valence-electron chi connectivity index (χ3n) is 0.442. The van der Waals surface area contributed by atoms with E-state index in [9.17, 15) is 0 Å². The number of rotatable bonds is 0. The van der Waals surface area contributed by atoms with Crippen molar-refractivity contribution in [3.63, 3.8) is 0 Å². The Bertz CT molecular complexity index is 70.5. The van der Waals surface area contributed by atoms with Gasteiger partial charge in [0.05, 0.1) is 0 Å². The van der Waals surface area contributed by atoms with Gasteiger partial charge < -0.3 is 14.4 Å². The van der Waals surface area contributed by atoms with E-state index in [4.69, 9.17) is 0 Å². The molecule has 0 aliphatic rings. The fourth-order valence-electron chi connectivity index (χ4n) is 0.241. The minimum Gasteiger partial charge on any atom is -1.00 e. The molecule has 0 bridgehead atoms. The Morgan fingerprint density at radius 3 is 2.00 bits per heavy atom. The van der Waals surface area contributed by atoms with Gasteiger partial charge in [-0.1, -0.05) is 0 Å². The maximum absolute atomic E-state index is 2.74. The van der Waals surface area contributed by atoms with Crippen molar-refractivity contribution in [2.75, 3.05) is 0 Å². The van der Waals surface area contributed by atoms with Gasteiger partial charge in [-0.05, 0) is 0 Å². The Hall–Kier alpha value is -0.237. The fraction of sp³-hybridized carbons (Fsp3) is 0. The van der Waals surface area contributed by atoms with Gasteiger partial charge in [0.1, 0.15) is 0 Å². The summed E-state index contributed by atoms with van der Waals surface area (Å²) >= 11 is 0. The van der Waals surface area contributed by atoms with E-state index in [2.05, 4.69) is 11.2 Å². The molecule has 0 saturated carbocycles. The average molecular weight is 205 g/mol. The van der Waals surface area contributed by atoms with E-state index in [1.807, 2.05) is 18.3 Å². The van der Waals surface area contributed by atoms with Crippen molar-refractivity contribution in [3.8, 4) is 0 Å². The van der Waals surface area contributed by atoms with Crippen LogP contribution in [-0.2, 0) is 19.5 Å². The number of aromatic nitrogens is 1. The standard InChI is InChI=1S/C4H4N.2FH.Ru/c1-2-4-5-3-1;;;/h1-3,5H;2*1H;/q-1;;;+3/p-2. The maximum atomic E-state index is 2.74. The van der Waals surface area contributed by atoms with Crippen LogP contribution >= 0.6 is 0 Å². The first-order chi connectivity index (χ1) is 2.50. The Balaban J connectivity index is -0.0000000833. The van der Waals surface area contributed by atoms with Crippen LogP contribution in [0.4, 0.5) is 0 Å². The van der Waals surface area contributed by atoms with Crippen molar-refractivity contribution >= 4 is 0 Å². The van der Waals surface area contributed by atoms with Crippen LogP contribution in [0.15, 0.2) is 18.3 Å². The second-order valence-electron chi connectivity index (χ2n) is 0.814. The van der Waals surface area contributed by atoms with Gasteiger partial charge in [0, 0.05) is 0 Å². The van der Waals surface area contributed by atoms with Gasteiger partial charge >= 0.3 is 19.5 Å². The monoisotopic (exact) mass is 206 g/mol. The van der Waals surface area contributed by atoms with Crippen LogP contribution in [-0.4, -0.2) is 4.98 Å². The number of nitrogens with one attached hydrogen (secondary N) is 1. The van der Waals surface area contributed by atoms with Gasteiger partial charge in [-0.3, -0.25) is 0 Å². The van der Waals surface area contributed by atoms with Crippen molar-refractivity contribution in [2.45, 2.75) is 0 Å². The number of halogens is 2. The minimum absolute atomic E-state index is 0. The number of hydrogen-bond donors (Lipinski definition) is 1. The number of H-pyrrole nitrogens is 1. The van der Waals surface area contributed by atoms with Gasteiger partial charge in [-0.2, -0.15) is 18.3 Å². The Kier molecular flexibility index (Phi) is 19.4. The molecule has 1 aromatic rings. The van der Waals surface area contributed by atoms with Crippen LogP contribution in [0.3, 0.4) is 0 Å². The molecule has 0 aromatic carbocycles. The van der Waals surface area contributed by atoms with Gasteiger partial charge in [0.15, 0.2) is 0 Å². The predicted octanol–water partition coefficient (Wildman–Crippen LogP) is -5.18. The molecular formula is C4H4F2NRu. The van der Waals surface area contributed by atoms with E-state index in [1.54, 1.807) is 0 Å². The summed E-state index contributed by atoms with van der Waals surface area (Å²) in [4.78, 5) is 2.74. The van der Waals surface area contributed by atoms with Crippen LogP contribution in [0.2, 0.25) is 0 Å². The van der Waals surface area contributed by atoms with E-state index in [1.165, 1.54) is 0 Å². The third kappa shape index (κ3) is 5.76. The zero-order valence-electron chi connectivity index (χ0n) is 3.84. The van der Waals surface area contributed by atoms with Crippen LogP contribution < -0.4 is 9.41 Å². The van der Waals surface area contributed by atoms with Crippen molar-refractivity contribution < 1.29 is 28.9 Å². The van der Waals surface area contributed by atoms with E-state index in [0.29, 0.717) is 0 Å². The fourth-order valence-corrected chi connectivity index (χ4v) is 0.241. The molecule has 8 heavy (non-hydrogen) atoms. The van der Waals surface area contributed by atoms with Crippen LogP contribution in [0.5, 0.6) is 0 Å². The van der Waals surface area contributed by atoms with Crippen molar-refractivity contribution in [3.05, 3.63) is 24.5 Å². The molecule has 0 aliphatic carbocycles. The van der Waals surface area contributed by atoms with Crippen LogP contribution in [0.1, 0.15) is 0 Å². The van der Waals surface area contributed by atoms with Gasteiger partial charge in [0.2, 0.25) is 0 Å². The Morgan fingerprint density at radius 1 is 1.25 bits per heavy atom. The first-order valence-corrected chi connectivity index (χ1v) is 1.49. The van der Waals surface area contributed by atoms with Crippen molar-refractivity contribution in [1.82, 2.24) is 4.98 Å². The second kappa shape index (κ2) is 9.90. The molecule has 0 atom stereocenters. The molecule has 1 aromatic heterocycles. The number of aromatic amines is 1. The Morgan fingerprint density at radius 2 is 1.88 bits per heavy atom. The van der Waals surface area contributed by atoms with Gasteiger partial charge in [-0.15, -0.1) is 6.20 Å². The summed E-state index contributed by atoms with van der Waals surface area (Å²) in [6.45, 7) is 0. The topological polar surface area (TPSA) is 15.8 Å². The normalized spacial score (nSPS) is 5.00. The summed E-state index contributed by atoms with van der Waals surface area (Å²) in [5.41, 5.74) is 0. The van der Waals surface area contributed by atoms with E-state index in [-0.39, 0.29) is 28.9 Å². The van der Waals surface area contributed by atoms with E-state index in [0.717, 1.165) is 0 Å². The molecule has 1 heterocycles. The third-order valence-corrected chi connectivity index (χ3v) is 0.442. The molecule has 0 aliphatic heterocycles. The largest absolute Gasteiger partial charge is 3.00 e. The zero-order valence-corrected chi connectivity index (χ0v) is 5.58. The molecule has 1 N–H and O–H groups in total. The van der Waals surface area contributed by atoms with Crippen molar-refractivity contribution in [2.24, 2.45) is 0 Å². The zero-order chi connectivity index (χ0) is 3.54. The quantitative estimate of drug-likeness (QED) is 0.322. The molecule has 1 nitrogen and oxygen atoms in total. The van der Waals surface area contributed by atoms with E-state index < -0.39 is 0 Å². The molecule has 0 unspecified atom stereocenters. The van der Waals surface area contributed by atoms with Gasteiger partial charge in [-0.25, -0.2) is 0 Å². The summed E-state index contributed by atoms with van der Waals surface area (Å²) in [5.74, 6) is 0. The molecule has 1 rings (SSSR count). The molecule has 47 valence electrons. The molecule has 0 amide bonds. The first kappa shape index (κ1) is 15.7. The molecule has 0 saturated heterocycles. The van der Waals surface area contributed by atoms with E-state index >= 15 is 0 Å². The maximum Gasteiger partial charge on any atom is 3.00 e. The Labute approximate surface area is 59.0 Å². The summed E-state index contributed by atoms with van der Waals surface area (Å²) in [6, 6.07) is 3.71. The second-order valence-corrected chi connectivity index (χ2v) is 0.814. The van der Waals surface area contributed by atoms with Gasteiger partial charge in [0.25, 0.3) is 0 Å². The van der Waals surface area contributed by atoms with Crippen LogP contribution in [0.25, 0.3) is 0 Å². The summed E-state index contributed by atoms with van der Waals surface area (Å²) in [6.07, 6.45) is 4.56. The van der Waals surface area contributed by atoms with Crippen LogP contribution in [0, 0.1) is 6.20 Å². The molecule has 0 fully saturated rings. The summed E-state index contributed by atoms with van der Waals surface area (Å²) < 4.78 is 0. The molecule has 4 heteroatoms. The van der Waals surface area contributed by atoms with Crippen molar-refractivity contribution in [1.29, 1.82) is 0 Å². The average Bonchev–Trinajstić information content (AvgIpc) is 1.76. The SMILES string of the molecule is [F-].[F-].[Ru+3].[c-]1ccc[nH]1. The molecular weight excluding hydrogens is 201 g/mol. The summed E-state index contributed by atoms with van der Waals surface area (Å²) in [5, 5.41) is 0. The molecule has 1 radical (unpaired) electrons. The first-order valence-electron chi connectivity index (χ1n) is 1.49. The summed E-state index contributed by atoms with van der Waals surface area (Å²) in [7, 11) is 0. The smallest absolute Gasteiger partial charge is 1.00 e. The minimum atomic E-state index is 0.